The second-order valence-corrected chi connectivity index (χ2v) is 10.9. The van der Waals surface area contributed by atoms with Crippen LogP contribution in [0.15, 0.2) is 54.0 Å². The molecule has 5 nitrogen and oxygen atoms in total. The first kappa shape index (κ1) is 23.1. The number of likely N-dealkylation sites (tertiary alicyclic amines) is 2. The number of rotatable bonds is 3. The summed E-state index contributed by atoms with van der Waals surface area (Å²) >= 11 is 0. The molecule has 2 saturated heterocycles. The normalized spacial score (nSPS) is 27.5. The van der Waals surface area contributed by atoms with E-state index >= 15 is 0 Å². The van der Waals surface area contributed by atoms with Crippen molar-refractivity contribution in [1.82, 2.24) is 9.80 Å². The topological polar surface area (TPSA) is 53.0 Å². The van der Waals surface area contributed by atoms with Crippen LogP contribution in [0.2, 0.25) is 13.1 Å². The number of hydrogen-bond acceptors (Lipinski definition) is 4. The molecule has 3 heterocycles. The van der Waals surface area contributed by atoms with Crippen LogP contribution in [0.4, 0.5) is 4.79 Å². The summed E-state index contributed by atoms with van der Waals surface area (Å²) in [5.74, 6) is 2.40. The highest BCUT2D eigenvalue weighted by Crippen LogP contribution is 2.44. The Bertz CT molecular complexity index is 879. The molecule has 0 radical (unpaired) electrons. The molecule has 0 aromatic heterocycles. The van der Waals surface area contributed by atoms with Crippen LogP contribution in [0, 0.1) is 5.41 Å². The fourth-order valence-electron chi connectivity index (χ4n) is 5.48. The molecule has 1 spiro atoms. The highest BCUT2D eigenvalue weighted by molar-refractivity contribution is 6.63. The van der Waals surface area contributed by atoms with Gasteiger partial charge in [-0.15, -0.1) is 5.98 Å². The fraction of sp³-hybridized carbons (Fsp3) is 0.577. The minimum absolute atomic E-state index is 0.165. The summed E-state index contributed by atoms with van der Waals surface area (Å²) in [5.41, 5.74) is 1.79. The van der Waals surface area contributed by atoms with Gasteiger partial charge in [-0.2, -0.15) is 0 Å². The Hall–Kier alpha value is -2.05. The first-order valence-corrected chi connectivity index (χ1v) is 12.0. The number of benzene rings is 1. The molecular formula is C26H37BN2O3. The number of carbonyl (C=O) groups excluding carboxylic acids is 1. The molecule has 3 unspecified atom stereocenters. The lowest BCUT2D eigenvalue weighted by molar-refractivity contribution is -0.0499. The Kier molecular flexibility index (Phi) is 6.55. The van der Waals surface area contributed by atoms with Gasteiger partial charge in [-0.25, -0.2) is 4.79 Å². The zero-order valence-electron chi connectivity index (χ0n) is 20.0. The van der Waals surface area contributed by atoms with Crippen molar-refractivity contribution in [3.63, 3.8) is 0 Å². The summed E-state index contributed by atoms with van der Waals surface area (Å²) in [6, 6.07) is 10.8. The Morgan fingerprint density at radius 1 is 1.22 bits per heavy atom. The quantitative estimate of drug-likeness (QED) is 0.705. The molecule has 1 aromatic carbocycles. The second kappa shape index (κ2) is 9.07. The Morgan fingerprint density at radius 2 is 1.97 bits per heavy atom. The molecule has 1 amide bonds. The van der Waals surface area contributed by atoms with Crippen LogP contribution in [0.25, 0.3) is 0 Å². The van der Waals surface area contributed by atoms with Crippen molar-refractivity contribution in [1.29, 1.82) is 0 Å². The average molecular weight is 436 g/mol. The molecule has 32 heavy (non-hydrogen) atoms. The minimum Gasteiger partial charge on any atom is -0.444 e. The van der Waals surface area contributed by atoms with Crippen molar-refractivity contribution in [3.8, 4) is 0 Å². The van der Waals surface area contributed by atoms with Gasteiger partial charge in [-0.3, -0.25) is 4.90 Å². The van der Waals surface area contributed by atoms with Gasteiger partial charge >= 0.3 is 6.09 Å². The lowest BCUT2D eigenvalue weighted by atomic mass is 9.47. The Morgan fingerprint density at radius 3 is 2.66 bits per heavy atom. The van der Waals surface area contributed by atoms with Crippen LogP contribution in [0.1, 0.15) is 45.2 Å². The molecule has 2 fully saturated rings. The van der Waals surface area contributed by atoms with Crippen molar-refractivity contribution in [2.24, 2.45) is 5.41 Å². The molecule has 4 rings (SSSR count). The summed E-state index contributed by atoms with van der Waals surface area (Å²) in [5, 5.41) is 11.1. The van der Waals surface area contributed by atoms with Crippen molar-refractivity contribution >= 4 is 12.8 Å². The van der Waals surface area contributed by atoms with Gasteiger partial charge in [0, 0.05) is 25.0 Å². The highest BCUT2D eigenvalue weighted by Gasteiger charge is 2.50. The average Bonchev–Trinajstić information content (AvgIpc) is 3.14. The third-order valence-electron chi connectivity index (χ3n) is 7.04. The van der Waals surface area contributed by atoms with Gasteiger partial charge in [0.05, 0.1) is 12.1 Å². The smallest absolute Gasteiger partial charge is 0.410 e. The van der Waals surface area contributed by atoms with E-state index in [1.54, 1.807) is 4.90 Å². The zero-order chi connectivity index (χ0) is 22.9. The number of aliphatic hydroxyl groups excluding tert-OH is 1. The number of ether oxygens (including phenoxy) is 1. The molecule has 172 valence electrons. The third-order valence-corrected chi connectivity index (χ3v) is 7.04. The Labute approximate surface area is 193 Å². The SMILES string of the molecule is CB1C=C(C(c2ccccc2)N2CCC3(CN(C(=O)OC(C)(C)C)CCC3O)C2)C=CC1. The van der Waals surface area contributed by atoms with Crippen LogP contribution in [-0.4, -0.2) is 65.6 Å². The first-order valence-electron chi connectivity index (χ1n) is 12.0. The largest absolute Gasteiger partial charge is 0.444 e. The lowest BCUT2D eigenvalue weighted by Crippen LogP contribution is -2.55. The molecule has 3 aliphatic heterocycles. The van der Waals surface area contributed by atoms with E-state index in [2.05, 4.69) is 60.2 Å². The molecular weight excluding hydrogens is 399 g/mol. The number of hydrogen-bond donors (Lipinski definition) is 1. The van der Waals surface area contributed by atoms with Gasteiger partial charge in [-0.1, -0.05) is 55.6 Å². The van der Waals surface area contributed by atoms with Gasteiger partial charge in [-0.05, 0) is 51.3 Å². The van der Waals surface area contributed by atoms with Crippen LogP contribution in [-0.2, 0) is 4.74 Å². The van der Waals surface area contributed by atoms with Crippen molar-refractivity contribution < 1.29 is 14.6 Å². The molecule has 6 heteroatoms. The summed E-state index contributed by atoms with van der Waals surface area (Å²) in [4.78, 5) is 17.1. The molecule has 1 N–H and O–H groups in total. The van der Waals surface area contributed by atoms with Crippen molar-refractivity contribution in [2.75, 3.05) is 26.2 Å². The van der Waals surface area contributed by atoms with E-state index in [1.807, 2.05) is 20.8 Å². The van der Waals surface area contributed by atoms with E-state index < -0.39 is 11.7 Å². The number of allylic oxidation sites excluding steroid dienone is 1. The standard InChI is InChI=1S/C26H37BN2O3/c1-25(2,3)32-24(31)29-15-12-22(30)26(19-29)13-16-28(18-26)23(20-9-6-5-7-10-20)21-11-8-14-27(4)17-21/h5-11,17,22-23,30H,12-16,18-19H2,1-4H3. The number of carbonyl (C=O) groups is 1. The van der Waals surface area contributed by atoms with Crippen LogP contribution in [0.5, 0.6) is 0 Å². The van der Waals surface area contributed by atoms with E-state index in [-0.39, 0.29) is 17.6 Å². The highest BCUT2D eigenvalue weighted by atomic mass is 16.6. The summed E-state index contributed by atoms with van der Waals surface area (Å²) in [6.07, 6.45) is 6.44. The predicted octanol–water partition coefficient (Wildman–Crippen LogP) is 4.58. The monoisotopic (exact) mass is 436 g/mol. The maximum atomic E-state index is 12.8. The summed E-state index contributed by atoms with van der Waals surface area (Å²) in [7, 11) is 0. The molecule has 0 bridgehead atoms. The number of nitrogens with zero attached hydrogens (tertiary/aromatic N) is 2. The second-order valence-electron chi connectivity index (χ2n) is 10.9. The predicted molar refractivity (Wildman–Crippen MR) is 130 cm³/mol. The van der Waals surface area contributed by atoms with E-state index in [9.17, 15) is 9.90 Å². The maximum absolute atomic E-state index is 12.8. The van der Waals surface area contributed by atoms with Gasteiger partial charge in [0.15, 0.2) is 6.71 Å². The van der Waals surface area contributed by atoms with Crippen molar-refractivity contribution in [2.45, 2.75) is 64.5 Å². The lowest BCUT2D eigenvalue weighted by Gasteiger charge is -2.44. The third kappa shape index (κ3) is 4.97. The molecule has 1 aromatic rings. The number of piperidine rings is 1. The number of aliphatic hydroxyl groups is 1. The van der Waals surface area contributed by atoms with Gasteiger partial charge in [0.1, 0.15) is 5.60 Å². The minimum atomic E-state index is -0.517. The summed E-state index contributed by atoms with van der Waals surface area (Å²) in [6.45, 7) is 11.2. The molecule has 3 atom stereocenters. The van der Waals surface area contributed by atoms with Crippen LogP contribution >= 0.6 is 0 Å². The van der Waals surface area contributed by atoms with Crippen LogP contribution < -0.4 is 0 Å². The molecule has 3 aliphatic rings. The summed E-state index contributed by atoms with van der Waals surface area (Å²) < 4.78 is 5.64. The zero-order valence-corrected chi connectivity index (χ0v) is 20.0. The Balaban J connectivity index is 1.57. The number of amides is 1. The van der Waals surface area contributed by atoms with E-state index in [0.29, 0.717) is 26.2 Å². The van der Waals surface area contributed by atoms with Gasteiger partial charge in [0.25, 0.3) is 0 Å². The van der Waals surface area contributed by atoms with Gasteiger partial charge in [0.2, 0.25) is 0 Å². The molecule has 0 aliphatic carbocycles. The molecule has 0 saturated carbocycles. The van der Waals surface area contributed by atoms with E-state index in [1.165, 1.54) is 11.1 Å². The van der Waals surface area contributed by atoms with Gasteiger partial charge < -0.3 is 14.7 Å². The maximum Gasteiger partial charge on any atom is 0.410 e. The van der Waals surface area contributed by atoms with E-state index in [0.717, 1.165) is 25.8 Å². The fourth-order valence-corrected chi connectivity index (χ4v) is 5.48. The first-order chi connectivity index (χ1) is 15.2. The van der Waals surface area contributed by atoms with Crippen molar-refractivity contribution in [3.05, 3.63) is 59.6 Å². The van der Waals surface area contributed by atoms with E-state index in [4.69, 9.17) is 4.74 Å². The van der Waals surface area contributed by atoms with Crippen LogP contribution in [0.3, 0.4) is 0 Å².